The molecule has 1 amide bonds. The topological polar surface area (TPSA) is 68.3 Å². The van der Waals surface area contributed by atoms with Crippen LogP contribution in [0.5, 0.6) is 0 Å². The van der Waals surface area contributed by atoms with Crippen LogP contribution in [-0.2, 0) is 11.2 Å². The lowest BCUT2D eigenvalue weighted by Gasteiger charge is -2.15. The first-order chi connectivity index (χ1) is 13.0. The summed E-state index contributed by atoms with van der Waals surface area (Å²) in [4.78, 5) is 29.5. The molecule has 3 aromatic rings. The Morgan fingerprint density at radius 2 is 1.85 bits per heavy atom. The molecule has 5 nitrogen and oxygen atoms in total. The zero-order valence-corrected chi connectivity index (χ0v) is 15.9. The summed E-state index contributed by atoms with van der Waals surface area (Å²) in [7, 11) is 1.33. The molecule has 0 spiro atoms. The van der Waals surface area contributed by atoms with E-state index in [0.29, 0.717) is 23.2 Å². The number of carbonyl (C=O) groups is 2. The van der Waals surface area contributed by atoms with Gasteiger partial charge in [-0.25, -0.2) is 4.79 Å². The second-order valence-electron chi connectivity index (χ2n) is 6.40. The van der Waals surface area contributed by atoms with Crippen LogP contribution in [0.2, 0.25) is 0 Å². The van der Waals surface area contributed by atoms with E-state index in [0.717, 1.165) is 27.7 Å². The lowest BCUT2D eigenvalue weighted by atomic mass is 9.99. The van der Waals surface area contributed by atoms with Gasteiger partial charge in [0.25, 0.3) is 5.91 Å². The second-order valence-corrected chi connectivity index (χ2v) is 6.40. The molecular weight excluding hydrogens is 340 g/mol. The summed E-state index contributed by atoms with van der Waals surface area (Å²) in [6.45, 7) is 5.80. The molecular formula is C22H22N2O3. The third-order valence-electron chi connectivity index (χ3n) is 4.70. The van der Waals surface area contributed by atoms with Crippen molar-refractivity contribution >= 4 is 28.5 Å². The van der Waals surface area contributed by atoms with Crippen molar-refractivity contribution in [3.8, 4) is 0 Å². The van der Waals surface area contributed by atoms with Crippen LogP contribution >= 0.6 is 0 Å². The summed E-state index contributed by atoms with van der Waals surface area (Å²) < 4.78 is 4.76. The Kier molecular flexibility index (Phi) is 5.21. The number of ether oxygens (including phenoxy) is 1. The number of methoxy groups -OCH3 is 1. The van der Waals surface area contributed by atoms with Gasteiger partial charge < -0.3 is 10.1 Å². The van der Waals surface area contributed by atoms with Gasteiger partial charge in [0.05, 0.1) is 29.4 Å². The maximum atomic E-state index is 13.1. The summed E-state index contributed by atoms with van der Waals surface area (Å²) in [6.07, 6.45) is 0.648. The van der Waals surface area contributed by atoms with Crippen molar-refractivity contribution in [2.45, 2.75) is 27.2 Å². The van der Waals surface area contributed by atoms with Crippen LogP contribution in [0, 0.1) is 13.8 Å². The summed E-state index contributed by atoms with van der Waals surface area (Å²) in [5.41, 5.74) is 4.95. The Morgan fingerprint density at radius 3 is 2.56 bits per heavy atom. The minimum atomic E-state index is -0.441. The molecule has 0 atom stereocenters. The monoisotopic (exact) mass is 362 g/mol. The highest BCUT2D eigenvalue weighted by molar-refractivity contribution is 6.09. The van der Waals surface area contributed by atoms with E-state index in [2.05, 4.69) is 10.3 Å². The van der Waals surface area contributed by atoms with E-state index in [1.165, 1.54) is 7.11 Å². The fourth-order valence-corrected chi connectivity index (χ4v) is 3.18. The molecule has 0 aliphatic heterocycles. The van der Waals surface area contributed by atoms with Crippen LogP contribution in [0.4, 0.5) is 5.69 Å². The van der Waals surface area contributed by atoms with E-state index in [-0.39, 0.29) is 5.91 Å². The number of anilines is 1. The van der Waals surface area contributed by atoms with Crippen molar-refractivity contribution in [1.82, 2.24) is 4.98 Å². The zero-order chi connectivity index (χ0) is 19.6. The van der Waals surface area contributed by atoms with Crippen LogP contribution in [0.15, 0.2) is 42.5 Å². The number of amides is 1. The number of para-hydroxylation sites is 1. The Hall–Kier alpha value is -3.21. The minimum absolute atomic E-state index is 0.229. The van der Waals surface area contributed by atoms with Gasteiger partial charge in [-0.15, -0.1) is 0 Å². The highest BCUT2D eigenvalue weighted by atomic mass is 16.5. The zero-order valence-electron chi connectivity index (χ0n) is 15.9. The van der Waals surface area contributed by atoms with Crippen molar-refractivity contribution in [1.29, 1.82) is 0 Å². The minimum Gasteiger partial charge on any atom is -0.465 e. The molecule has 0 bridgehead atoms. The molecule has 3 rings (SSSR count). The van der Waals surface area contributed by atoms with E-state index in [4.69, 9.17) is 4.74 Å². The number of carbonyl (C=O) groups excluding carboxylic acids is 2. The highest BCUT2D eigenvalue weighted by Crippen LogP contribution is 2.25. The average molecular weight is 362 g/mol. The molecule has 0 aliphatic carbocycles. The van der Waals surface area contributed by atoms with Crippen LogP contribution in [0.25, 0.3) is 10.9 Å². The van der Waals surface area contributed by atoms with Crippen molar-refractivity contribution in [3.05, 3.63) is 70.4 Å². The third-order valence-corrected chi connectivity index (χ3v) is 4.70. The molecule has 1 N–H and O–H groups in total. The smallest absolute Gasteiger partial charge is 0.337 e. The van der Waals surface area contributed by atoms with E-state index >= 15 is 0 Å². The third kappa shape index (κ3) is 3.53. The lowest BCUT2D eigenvalue weighted by molar-refractivity contribution is 0.0600. The summed E-state index contributed by atoms with van der Waals surface area (Å²) >= 11 is 0. The number of nitrogens with one attached hydrogen (secondary N) is 1. The summed E-state index contributed by atoms with van der Waals surface area (Å²) in [5.74, 6) is -0.670. The average Bonchev–Trinajstić information content (AvgIpc) is 2.68. The number of nitrogens with zero attached hydrogens (tertiary/aromatic N) is 1. The van der Waals surface area contributed by atoms with E-state index < -0.39 is 5.97 Å². The predicted molar refractivity (Wildman–Crippen MR) is 106 cm³/mol. The molecule has 2 aromatic carbocycles. The predicted octanol–water partition coefficient (Wildman–Crippen LogP) is 4.45. The number of fused-ring (bicyclic) bond motifs is 1. The number of hydrogen-bond acceptors (Lipinski definition) is 4. The number of rotatable bonds is 4. The number of hydrogen-bond donors (Lipinski definition) is 1. The first-order valence-corrected chi connectivity index (χ1v) is 8.84. The Morgan fingerprint density at radius 1 is 1.11 bits per heavy atom. The lowest BCUT2D eigenvalue weighted by Crippen LogP contribution is -2.18. The number of esters is 1. The molecule has 1 heterocycles. The standard InChI is InChI=1S/C22H22N2O3/c1-5-17-20(14(3)16-8-6-7-9-18(16)23-17)21(25)24-19-12-15(22(26)27-4)11-10-13(19)2/h6-12H,5H2,1-4H3,(H,24,25). The van der Waals surface area contributed by atoms with E-state index in [1.807, 2.05) is 45.0 Å². The molecule has 0 fully saturated rings. The van der Waals surface area contributed by atoms with Gasteiger partial charge in [-0.2, -0.15) is 0 Å². The van der Waals surface area contributed by atoms with Gasteiger partial charge >= 0.3 is 5.97 Å². The molecule has 0 saturated heterocycles. The van der Waals surface area contributed by atoms with Gasteiger partial charge in [0, 0.05) is 11.1 Å². The molecule has 1 aromatic heterocycles. The van der Waals surface area contributed by atoms with Crippen molar-refractivity contribution in [3.63, 3.8) is 0 Å². The normalized spacial score (nSPS) is 10.7. The number of pyridine rings is 1. The van der Waals surface area contributed by atoms with Gasteiger partial charge in [0.1, 0.15) is 0 Å². The quantitative estimate of drug-likeness (QED) is 0.696. The molecule has 0 saturated carbocycles. The van der Waals surface area contributed by atoms with E-state index in [1.54, 1.807) is 18.2 Å². The maximum Gasteiger partial charge on any atom is 0.337 e. The fourth-order valence-electron chi connectivity index (χ4n) is 3.18. The fraction of sp³-hybridized carbons (Fsp3) is 0.227. The van der Waals surface area contributed by atoms with Gasteiger partial charge in [-0.05, 0) is 49.6 Å². The summed E-state index contributed by atoms with van der Waals surface area (Å²) in [6, 6.07) is 12.9. The molecule has 27 heavy (non-hydrogen) atoms. The van der Waals surface area contributed by atoms with Crippen LogP contribution in [0.3, 0.4) is 0 Å². The SMILES string of the molecule is CCc1nc2ccccc2c(C)c1C(=O)Nc1cc(C(=O)OC)ccc1C. The highest BCUT2D eigenvalue weighted by Gasteiger charge is 2.19. The van der Waals surface area contributed by atoms with Gasteiger partial charge in [-0.3, -0.25) is 9.78 Å². The second kappa shape index (κ2) is 7.58. The Bertz CT molecular complexity index is 1040. The molecule has 0 radical (unpaired) electrons. The summed E-state index contributed by atoms with van der Waals surface area (Å²) in [5, 5.41) is 3.90. The van der Waals surface area contributed by atoms with Crippen LogP contribution < -0.4 is 5.32 Å². The Balaban J connectivity index is 2.04. The van der Waals surface area contributed by atoms with Crippen molar-refractivity contribution in [2.75, 3.05) is 12.4 Å². The first-order valence-electron chi connectivity index (χ1n) is 8.84. The van der Waals surface area contributed by atoms with Crippen LogP contribution in [-0.4, -0.2) is 24.0 Å². The molecule has 138 valence electrons. The molecule has 0 aliphatic rings. The van der Waals surface area contributed by atoms with Crippen molar-refractivity contribution < 1.29 is 14.3 Å². The molecule has 0 unspecified atom stereocenters. The Labute approximate surface area is 158 Å². The van der Waals surface area contributed by atoms with Gasteiger partial charge in [-0.1, -0.05) is 31.2 Å². The largest absolute Gasteiger partial charge is 0.465 e. The van der Waals surface area contributed by atoms with Gasteiger partial charge in [0.2, 0.25) is 0 Å². The first kappa shape index (κ1) is 18.6. The van der Waals surface area contributed by atoms with Crippen LogP contribution in [0.1, 0.15) is 44.5 Å². The van der Waals surface area contributed by atoms with E-state index in [9.17, 15) is 9.59 Å². The number of benzene rings is 2. The molecule has 5 heteroatoms. The number of aromatic nitrogens is 1. The number of aryl methyl sites for hydroxylation is 3. The van der Waals surface area contributed by atoms with Gasteiger partial charge in [0.15, 0.2) is 0 Å². The maximum absolute atomic E-state index is 13.1. The van der Waals surface area contributed by atoms with Crippen molar-refractivity contribution in [2.24, 2.45) is 0 Å².